The van der Waals surface area contributed by atoms with Gasteiger partial charge >= 0.3 is 5.69 Å². The molecule has 1 amide bonds. The highest BCUT2D eigenvalue weighted by Crippen LogP contribution is 2.24. The first-order chi connectivity index (χ1) is 13.5. The standard InChI is InChI=1S/C20H21BrN4O3/c1-3-24-17-9-15(21)10-22-19(17)25(20(24)27)12-18(26)23-7-6-13-4-5-16(28-2)8-14(13)11-23/h4-5,8-10H,3,6-7,11-12H2,1-2H3. The number of hydrogen-bond acceptors (Lipinski definition) is 4. The maximum absolute atomic E-state index is 13.0. The fourth-order valence-corrected chi connectivity index (χ4v) is 4.04. The van der Waals surface area contributed by atoms with Crippen molar-refractivity contribution in [1.29, 1.82) is 0 Å². The van der Waals surface area contributed by atoms with Gasteiger partial charge in [0.05, 0.1) is 12.6 Å². The Morgan fingerprint density at radius 1 is 1.25 bits per heavy atom. The molecule has 0 saturated heterocycles. The molecule has 1 aromatic carbocycles. The molecule has 1 aliphatic rings. The van der Waals surface area contributed by atoms with Crippen LogP contribution in [0.5, 0.6) is 5.75 Å². The molecule has 0 atom stereocenters. The molecule has 0 radical (unpaired) electrons. The van der Waals surface area contributed by atoms with E-state index in [-0.39, 0.29) is 18.1 Å². The fourth-order valence-electron chi connectivity index (χ4n) is 3.72. The van der Waals surface area contributed by atoms with E-state index in [1.807, 2.05) is 25.1 Å². The second kappa shape index (κ2) is 7.43. The van der Waals surface area contributed by atoms with Crippen LogP contribution in [0.15, 0.2) is 39.7 Å². The molecule has 0 bridgehead atoms. The molecule has 1 aliphatic heterocycles. The van der Waals surface area contributed by atoms with Crippen molar-refractivity contribution in [2.45, 2.75) is 33.0 Å². The van der Waals surface area contributed by atoms with E-state index >= 15 is 0 Å². The van der Waals surface area contributed by atoms with Crippen LogP contribution in [0.1, 0.15) is 18.1 Å². The number of ether oxygens (including phenoxy) is 1. The van der Waals surface area contributed by atoms with Crippen molar-refractivity contribution >= 4 is 33.0 Å². The van der Waals surface area contributed by atoms with Crippen LogP contribution in [-0.2, 0) is 30.8 Å². The van der Waals surface area contributed by atoms with E-state index < -0.39 is 0 Å². The Morgan fingerprint density at radius 3 is 2.82 bits per heavy atom. The van der Waals surface area contributed by atoms with Crippen LogP contribution < -0.4 is 10.4 Å². The van der Waals surface area contributed by atoms with Crippen LogP contribution in [0.3, 0.4) is 0 Å². The smallest absolute Gasteiger partial charge is 0.330 e. The van der Waals surface area contributed by atoms with Crippen LogP contribution in [0.25, 0.3) is 11.2 Å². The predicted octanol–water partition coefficient (Wildman–Crippen LogP) is 2.57. The monoisotopic (exact) mass is 444 g/mol. The van der Waals surface area contributed by atoms with Gasteiger partial charge in [-0.25, -0.2) is 9.78 Å². The van der Waals surface area contributed by atoms with Gasteiger partial charge in [-0.1, -0.05) is 6.07 Å². The van der Waals surface area contributed by atoms with Crippen molar-refractivity contribution in [2.75, 3.05) is 13.7 Å². The number of rotatable bonds is 4. The van der Waals surface area contributed by atoms with E-state index in [1.165, 1.54) is 10.1 Å². The van der Waals surface area contributed by atoms with Crippen LogP contribution in [0, 0.1) is 0 Å². The van der Waals surface area contributed by atoms with Gasteiger partial charge in [-0.05, 0) is 58.6 Å². The van der Waals surface area contributed by atoms with Gasteiger partial charge < -0.3 is 9.64 Å². The average molecular weight is 445 g/mol. The zero-order chi connectivity index (χ0) is 19.8. The summed E-state index contributed by atoms with van der Waals surface area (Å²) in [4.78, 5) is 32.0. The highest BCUT2D eigenvalue weighted by molar-refractivity contribution is 9.10. The van der Waals surface area contributed by atoms with Crippen molar-refractivity contribution in [2.24, 2.45) is 0 Å². The number of hydrogen-bond donors (Lipinski definition) is 0. The molecule has 0 spiro atoms. The van der Waals surface area contributed by atoms with E-state index in [2.05, 4.69) is 27.0 Å². The minimum atomic E-state index is -0.212. The molecule has 0 unspecified atom stereocenters. The van der Waals surface area contributed by atoms with Crippen LogP contribution in [-0.4, -0.2) is 38.6 Å². The molecule has 3 aromatic rings. The van der Waals surface area contributed by atoms with Gasteiger partial charge in [-0.2, -0.15) is 0 Å². The average Bonchev–Trinajstić information content (AvgIpc) is 2.97. The molecule has 8 heteroatoms. The lowest BCUT2D eigenvalue weighted by Crippen LogP contribution is -2.39. The number of benzene rings is 1. The minimum absolute atomic E-state index is 0.0176. The second-order valence-electron chi connectivity index (χ2n) is 6.81. The van der Waals surface area contributed by atoms with Gasteiger partial charge in [0.15, 0.2) is 5.65 Å². The number of carbonyl (C=O) groups excluding carboxylic acids is 1. The first-order valence-corrected chi connectivity index (χ1v) is 9.99. The van der Waals surface area contributed by atoms with Crippen molar-refractivity contribution in [1.82, 2.24) is 19.0 Å². The quantitative estimate of drug-likeness (QED) is 0.619. The number of pyridine rings is 1. The van der Waals surface area contributed by atoms with Gasteiger partial charge in [-0.3, -0.25) is 13.9 Å². The molecular formula is C20H21BrN4O3. The number of fused-ring (bicyclic) bond motifs is 2. The third-order valence-corrected chi connectivity index (χ3v) is 5.64. The molecule has 0 aliphatic carbocycles. The zero-order valence-corrected chi connectivity index (χ0v) is 17.4. The second-order valence-corrected chi connectivity index (χ2v) is 7.72. The summed E-state index contributed by atoms with van der Waals surface area (Å²) in [7, 11) is 1.63. The maximum Gasteiger partial charge on any atom is 0.330 e. The number of nitrogens with zero attached hydrogens (tertiary/aromatic N) is 4. The third-order valence-electron chi connectivity index (χ3n) is 5.21. The first-order valence-electron chi connectivity index (χ1n) is 9.20. The van der Waals surface area contributed by atoms with Gasteiger partial charge in [0.2, 0.25) is 5.91 Å². The number of aromatic nitrogens is 3. The first kappa shape index (κ1) is 18.7. The number of carbonyl (C=O) groups is 1. The van der Waals surface area contributed by atoms with Gasteiger partial charge in [0.25, 0.3) is 0 Å². The summed E-state index contributed by atoms with van der Waals surface area (Å²) in [6, 6.07) is 7.83. The Kier molecular flexibility index (Phi) is 4.97. The summed E-state index contributed by atoms with van der Waals surface area (Å²) in [5.41, 5.74) is 3.36. The molecule has 2 aromatic heterocycles. The molecule has 3 heterocycles. The Morgan fingerprint density at radius 2 is 2.07 bits per heavy atom. The third kappa shape index (κ3) is 3.22. The molecule has 0 fully saturated rings. The molecular weight excluding hydrogens is 424 g/mol. The van der Waals surface area contributed by atoms with Crippen molar-refractivity contribution in [3.05, 3.63) is 56.5 Å². The summed E-state index contributed by atoms with van der Waals surface area (Å²) in [5.74, 6) is 0.695. The highest BCUT2D eigenvalue weighted by Gasteiger charge is 2.23. The number of imidazole rings is 1. The Labute approximate surface area is 170 Å². The van der Waals surface area contributed by atoms with Crippen molar-refractivity contribution in [3.63, 3.8) is 0 Å². The van der Waals surface area contributed by atoms with Gasteiger partial charge in [-0.15, -0.1) is 0 Å². The van der Waals surface area contributed by atoms with E-state index in [4.69, 9.17) is 4.74 Å². The van der Waals surface area contributed by atoms with E-state index in [0.717, 1.165) is 27.7 Å². The lowest BCUT2D eigenvalue weighted by Gasteiger charge is -2.29. The Balaban J connectivity index is 1.62. The topological polar surface area (TPSA) is 69.4 Å². The molecule has 7 nitrogen and oxygen atoms in total. The van der Waals surface area contributed by atoms with Gasteiger partial charge in [0, 0.05) is 30.3 Å². The van der Waals surface area contributed by atoms with Crippen LogP contribution in [0.2, 0.25) is 0 Å². The summed E-state index contributed by atoms with van der Waals surface area (Å²) >= 11 is 3.40. The largest absolute Gasteiger partial charge is 0.497 e. The predicted molar refractivity (Wildman–Crippen MR) is 109 cm³/mol. The Bertz CT molecular complexity index is 1120. The molecule has 146 valence electrons. The van der Waals surface area contributed by atoms with Crippen molar-refractivity contribution in [3.8, 4) is 5.75 Å². The molecule has 0 N–H and O–H groups in total. The molecule has 0 saturated carbocycles. The number of halogens is 1. The number of amides is 1. The van der Waals surface area contributed by atoms with Gasteiger partial charge in [0.1, 0.15) is 12.3 Å². The summed E-state index contributed by atoms with van der Waals surface area (Å²) in [6.45, 7) is 3.56. The summed E-state index contributed by atoms with van der Waals surface area (Å²) in [6.07, 6.45) is 2.44. The number of methoxy groups -OCH3 is 1. The lowest BCUT2D eigenvalue weighted by atomic mass is 9.99. The maximum atomic E-state index is 13.0. The molecule has 28 heavy (non-hydrogen) atoms. The van der Waals surface area contributed by atoms with E-state index in [9.17, 15) is 9.59 Å². The SMILES string of the molecule is CCn1c(=O)n(CC(=O)N2CCc3ccc(OC)cc3C2)c2ncc(Br)cc21. The zero-order valence-electron chi connectivity index (χ0n) is 15.8. The van der Waals surface area contributed by atoms with Crippen LogP contribution >= 0.6 is 15.9 Å². The van der Waals surface area contributed by atoms with E-state index in [0.29, 0.717) is 25.3 Å². The van der Waals surface area contributed by atoms with Crippen molar-refractivity contribution < 1.29 is 9.53 Å². The summed E-state index contributed by atoms with van der Waals surface area (Å²) < 4.78 is 9.20. The number of aryl methyl sites for hydroxylation is 1. The minimum Gasteiger partial charge on any atom is -0.497 e. The Hall–Kier alpha value is -2.61. The van der Waals surface area contributed by atoms with Crippen LogP contribution in [0.4, 0.5) is 0 Å². The molecule has 4 rings (SSSR count). The highest BCUT2D eigenvalue weighted by atomic mass is 79.9. The summed E-state index contributed by atoms with van der Waals surface area (Å²) in [5, 5.41) is 0. The fraction of sp³-hybridized carbons (Fsp3) is 0.350. The van der Waals surface area contributed by atoms with E-state index in [1.54, 1.807) is 22.8 Å². The normalized spacial score (nSPS) is 13.6. The lowest BCUT2D eigenvalue weighted by molar-refractivity contribution is -0.132.